The van der Waals surface area contributed by atoms with Gasteiger partial charge in [0, 0.05) is 11.4 Å². The van der Waals surface area contributed by atoms with Crippen molar-refractivity contribution in [1.82, 2.24) is 14.5 Å². The van der Waals surface area contributed by atoms with Crippen molar-refractivity contribution in [2.75, 3.05) is 11.1 Å². The number of nitrogens with one attached hydrogen (secondary N) is 1. The zero-order chi connectivity index (χ0) is 24.9. The number of sulfonamides is 1. The van der Waals surface area contributed by atoms with E-state index in [0.29, 0.717) is 33.6 Å². The van der Waals surface area contributed by atoms with Gasteiger partial charge in [-0.2, -0.15) is 0 Å². The largest absolute Gasteiger partial charge is 0.384 e. The minimum Gasteiger partial charge on any atom is -0.384 e. The van der Waals surface area contributed by atoms with Crippen molar-refractivity contribution >= 4 is 49.6 Å². The van der Waals surface area contributed by atoms with Crippen LogP contribution in [-0.2, 0) is 10.0 Å². The Bertz CT molecular complexity index is 1740. The number of hydrogen-bond acceptors (Lipinski definition) is 6. The number of para-hydroxylation sites is 2. The highest BCUT2D eigenvalue weighted by molar-refractivity contribution is 7.89. The third-order valence-corrected chi connectivity index (χ3v) is 6.84. The van der Waals surface area contributed by atoms with Gasteiger partial charge in [-0.25, -0.2) is 23.5 Å². The second kappa shape index (κ2) is 8.19. The van der Waals surface area contributed by atoms with Crippen LogP contribution in [0.2, 0.25) is 0 Å². The van der Waals surface area contributed by atoms with E-state index in [1.165, 1.54) is 12.1 Å². The molecule has 0 unspecified atom stereocenters. The number of nitrogens with zero attached hydrogens (tertiary/aromatic N) is 3. The Labute approximate surface area is 201 Å². The predicted octanol–water partition coefficient (Wildman–Crippen LogP) is 3.67. The molecule has 5 N–H and O–H groups in total. The molecule has 0 spiro atoms. The SMILES string of the molecule is Cc1ccc(NC(=O)c2c(N)n(-c3ccc(S(N)(=O)=O)cc3)c3nc4ccccc4nc23)cc1C. The first-order chi connectivity index (χ1) is 16.6. The molecule has 0 aliphatic rings. The van der Waals surface area contributed by atoms with Crippen molar-refractivity contribution in [3.8, 4) is 5.69 Å². The highest BCUT2D eigenvalue weighted by Gasteiger charge is 2.25. The van der Waals surface area contributed by atoms with Crippen LogP contribution < -0.4 is 16.2 Å². The van der Waals surface area contributed by atoms with Crippen molar-refractivity contribution in [2.24, 2.45) is 5.14 Å². The number of carbonyl (C=O) groups is 1. The zero-order valence-corrected chi connectivity index (χ0v) is 19.8. The molecule has 5 aromatic rings. The molecule has 35 heavy (non-hydrogen) atoms. The van der Waals surface area contributed by atoms with Crippen LogP contribution in [0.3, 0.4) is 0 Å². The third-order valence-electron chi connectivity index (χ3n) is 5.91. The molecule has 2 heterocycles. The quantitative estimate of drug-likeness (QED) is 0.353. The van der Waals surface area contributed by atoms with E-state index in [-0.39, 0.29) is 16.3 Å². The molecule has 3 aromatic carbocycles. The Morgan fingerprint density at radius 3 is 2.20 bits per heavy atom. The summed E-state index contributed by atoms with van der Waals surface area (Å²) in [6, 6.07) is 18.8. The van der Waals surface area contributed by atoms with Gasteiger partial charge in [0.2, 0.25) is 10.0 Å². The molecule has 0 bridgehead atoms. The number of amides is 1. The van der Waals surface area contributed by atoms with Crippen LogP contribution in [0.5, 0.6) is 0 Å². The van der Waals surface area contributed by atoms with E-state index in [1.54, 1.807) is 22.8 Å². The number of nitrogen functional groups attached to an aromatic ring is 1. The molecule has 176 valence electrons. The fraction of sp³-hybridized carbons (Fsp3) is 0.0800. The van der Waals surface area contributed by atoms with Crippen LogP contribution in [0.4, 0.5) is 11.5 Å². The van der Waals surface area contributed by atoms with E-state index in [4.69, 9.17) is 20.8 Å². The number of anilines is 2. The van der Waals surface area contributed by atoms with Gasteiger partial charge < -0.3 is 11.1 Å². The molecule has 9 nitrogen and oxygen atoms in total. The predicted molar refractivity (Wildman–Crippen MR) is 136 cm³/mol. The fourth-order valence-corrected chi connectivity index (χ4v) is 4.46. The standard InChI is InChI=1S/C25H22N6O3S/c1-14-7-8-16(13-15(14)2)28-25(32)21-22-24(30-20-6-4-3-5-19(20)29-22)31(23(21)26)17-9-11-18(12-10-17)35(27,33)34/h3-13H,26H2,1-2H3,(H,28,32)(H2,27,33,34). The number of rotatable bonds is 4. The number of hydrogen-bond donors (Lipinski definition) is 3. The molecule has 0 radical (unpaired) electrons. The highest BCUT2D eigenvalue weighted by atomic mass is 32.2. The second-order valence-electron chi connectivity index (χ2n) is 8.27. The Morgan fingerprint density at radius 2 is 1.57 bits per heavy atom. The van der Waals surface area contributed by atoms with Gasteiger partial charge >= 0.3 is 0 Å². The van der Waals surface area contributed by atoms with Gasteiger partial charge in [0.25, 0.3) is 5.91 Å². The summed E-state index contributed by atoms with van der Waals surface area (Å²) in [5, 5.41) is 8.14. The summed E-state index contributed by atoms with van der Waals surface area (Å²) in [4.78, 5) is 22.8. The first kappa shape index (κ1) is 22.5. The summed E-state index contributed by atoms with van der Waals surface area (Å²) in [7, 11) is -3.87. The molecular weight excluding hydrogens is 464 g/mol. The minimum absolute atomic E-state index is 0.0412. The molecule has 0 atom stereocenters. The zero-order valence-electron chi connectivity index (χ0n) is 19.0. The summed E-state index contributed by atoms with van der Waals surface area (Å²) < 4.78 is 25.0. The maximum Gasteiger partial charge on any atom is 0.261 e. The van der Waals surface area contributed by atoms with Crippen molar-refractivity contribution in [1.29, 1.82) is 0 Å². The highest BCUT2D eigenvalue weighted by Crippen LogP contribution is 2.32. The smallest absolute Gasteiger partial charge is 0.261 e. The minimum atomic E-state index is -3.87. The number of carbonyl (C=O) groups excluding carboxylic acids is 1. The summed E-state index contributed by atoms with van der Waals surface area (Å²) in [5.41, 5.74) is 11.9. The van der Waals surface area contributed by atoms with Crippen LogP contribution in [0, 0.1) is 13.8 Å². The molecule has 2 aromatic heterocycles. The Morgan fingerprint density at radius 1 is 0.914 bits per heavy atom. The Balaban J connectivity index is 1.71. The molecule has 5 rings (SSSR count). The maximum atomic E-state index is 13.4. The molecule has 0 saturated carbocycles. The van der Waals surface area contributed by atoms with Crippen molar-refractivity contribution in [2.45, 2.75) is 18.7 Å². The molecule has 0 saturated heterocycles. The van der Waals surface area contributed by atoms with Gasteiger partial charge in [-0.15, -0.1) is 0 Å². The van der Waals surface area contributed by atoms with Crippen molar-refractivity contribution in [3.05, 3.63) is 83.4 Å². The van der Waals surface area contributed by atoms with Crippen molar-refractivity contribution < 1.29 is 13.2 Å². The number of fused-ring (bicyclic) bond motifs is 2. The summed E-state index contributed by atoms with van der Waals surface area (Å²) in [6.07, 6.45) is 0. The summed E-state index contributed by atoms with van der Waals surface area (Å²) in [5.74, 6) is -0.305. The fourth-order valence-electron chi connectivity index (χ4n) is 3.94. The van der Waals surface area contributed by atoms with E-state index >= 15 is 0 Å². The Hall–Kier alpha value is -4.28. The van der Waals surface area contributed by atoms with Gasteiger partial charge in [0.15, 0.2) is 5.65 Å². The average molecular weight is 487 g/mol. The topological polar surface area (TPSA) is 146 Å². The molecule has 0 fully saturated rings. The van der Waals surface area contributed by atoms with Crippen LogP contribution in [-0.4, -0.2) is 28.9 Å². The van der Waals surface area contributed by atoms with E-state index in [2.05, 4.69) is 5.32 Å². The Kier molecular flexibility index (Phi) is 5.27. The maximum absolute atomic E-state index is 13.4. The summed E-state index contributed by atoms with van der Waals surface area (Å²) in [6.45, 7) is 3.96. The molecule has 1 amide bonds. The lowest BCUT2D eigenvalue weighted by atomic mass is 10.1. The van der Waals surface area contributed by atoms with Crippen LogP contribution in [0.1, 0.15) is 21.5 Å². The number of primary sulfonamides is 1. The van der Waals surface area contributed by atoms with E-state index in [0.717, 1.165) is 11.1 Å². The number of nitrogens with two attached hydrogens (primary N) is 2. The molecule has 0 aliphatic carbocycles. The summed E-state index contributed by atoms with van der Waals surface area (Å²) >= 11 is 0. The van der Waals surface area contributed by atoms with E-state index in [1.807, 2.05) is 50.2 Å². The normalized spacial score (nSPS) is 11.7. The van der Waals surface area contributed by atoms with Gasteiger partial charge in [-0.05, 0) is 73.5 Å². The lowest BCUT2D eigenvalue weighted by Gasteiger charge is -2.09. The van der Waals surface area contributed by atoms with Gasteiger partial charge in [0.1, 0.15) is 16.9 Å². The lowest BCUT2D eigenvalue weighted by Crippen LogP contribution is -2.15. The monoisotopic (exact) mass is 486 g/mol. The van der Waals surface area contributed by atoms with Gasteiger partial charge in [-0.3, -0.25) is 9.36 Å². The van der Waals surface area contributed by atoms with Crippen LogP contribution in [0.25, 0.3) is 27.9 Å². The first-order valence-electron chi connectivity index (χ1n) is 10.7. The molecule has 10 heteroatoms. The second-order valence-corrected chi connectivity index (χ2v) is 9.83. The lowest BCUT2D eigenvalue weighted by molar-refractivity contribution is 0.102. The van der Waals surface area contributed by atoms with Gasteiger partial charge in [0.05, 0.1) is 15.9 Å². The first-order valence-corrected chi connectivity index (χ1v) is 12.3. The van der Waals surface area contributed by atoms with E-state index < -0.39 is 15.9 Å². The molecule has 0 aliphatic heterocycles. The van der Waals surface area contributed by atoms with Crippen LogP contribution >= 0.6 is 0 Å². The van der Waals surface area contributed by atoms with E-state index in [9.17, 15) is 13.2 Å². The number of aryl methyl sites for hydroxylation is 2. The van der Waals surface area contributed by atoms with Crippen molar-refractivity contribution in [3.63, 3.8) is 0 Å². The molecular formula is C25H22N6O3S. The van der Waals surface area contributed by atoms with Crippen LogP contribution in [0.15, 0.2) is 71.6 Å². The van der Waals surface area contributed by atoms with Gasteiger partial charge in [-0.1, -0.05) is 18.2 Å². The number of aromatic nitrogens is 3. The average Bonchev–Trinajstić information content (AvgIpc) is 3.10. The third kappa shape index (κ3) is 3.98. The number of benzene rings is 3.